The van der Waals surface area contributed by atoms with Gasteiger partial charge in [0.05, 0.1) is 28.2 Å². The molecule has 4 aromatic carbocycles. The number of hydrogen-bond acceptors (Lipinski definition) is 10. The Bertz CT molecular complexity index is 2820. The molecule has 0 spiro atoms. The van der Waals surface area contributed by atoms with E-state index < -0.39 is 45.0 Å². The Morgan fingerprint density at radius 1 is 0.873 bits per heavy atom. The maximum Gasteiger partial charge on any atom is 0.301 e. The molecule has 4 aliphatic heterocycles. The Balaban J connectivity index is 0.808. The van der Waals surface area contributed by atoms with Crippen molar-refractivity contribution in [3.8, 4) is 23.3 Å². The van der Waals surface area contributed by atoms with Gasteiger partial charge in [-0.15, -0.1) is 0 Å². The van der Waals surface area contributed by atoms with Gasteiger partial charge >= 0.3 is 10.2 Å². The van der Waals surface area contributed by atoms with E-state index in [-0.39, 0.29) is 66.3 Å². The van der Waals surface area contributed by atoms with Crippen LogP contribution in [-0.2, 0) is 19.8 Å². The van der Waals surface area contributed by atoms with E-state index in [1.807, 2.05) is 30.3 Å². The Kier molecular flexibility index (Phi) is 11.4. The van der Waals surface area contributed by atoms with Crippen molar-refractivity contribution in [2.24, 2.45) is 5.92 Å². The van der Waals surface area contributed by atoms with E-state index >= 15 is 8.78 Å². The first kappa shape index (κ1) is 42.0. The van der Waals surface area contributed by atoms with Crippen molar-refractivity contribution in [2.45, 2.75) is 50.1 Å². The zero-order chi connectivity index (χ0) is 44.0. The second-order valence-electron chi connectivity index (χ2n) is 16.6. The lowest BCUT2D eigenvalue weighted by Crippen LogP contribution is -2.49. The average molecular weight is 881 g/mol. The summed E-state index contributed by atoms with van der Waals surface area (Å²) in [5.74, 6) is -2.37. The number of fused-ring (bicyclic) bond motifs is 1. The standard InChI is InChI=1S/C45H43F3N8O6S/c46-30-15-18-55(25-30)63(60,61)52-41-11-9-38(47)43(37(41)21-49)62-33-6-10-40-36(20-33)45(59)56(26-50-40)32-4-2-31(3-5-32)54-16-13-27(14-17-54)22-53-23-29(24-53)34-7-1-28(19-39(34)48)35-8-12-42(57)51-44(35)58/h1-7,9-11,19-20,26-27,29-30,35,52H,8,12-18,22-25H2,(H,51,57,58)/t30-,35-/m1/s1. The molecule has 4 fully saturated rings. The van der Waals surface area contributed by atoms with Crippen molar-refractivity contribution in [3.63, 3.8) is 0 Å². The first-order valence-electron chi connectivity index (χ1n) is 20.9. The molecular weight excluding hydrogens is 838 g/mol. The highest BCUT2D eigenvalue weighted by atomic mass is 32.2. The summed E-state index contributed by atoms with van der Waals surface area (Å²) in [5.41, 5.74) is 2.11. The number of benzene rings is 4. The number of likely N-dealkylation sites (tertiary alicyclic amines) is 1. The van der Waals surface area contributed by atoms with Gasteiger partial charge in [-0.2, -0.15) is 18.0 Å². The number of ether oxygens (including phenoxy) is 1. The van der Waals surface area contributed by atoms with Gasteiger partial charge in [-0.3, -0.25) is 29.0 Å². The number of aromatic nitrogens is 2. The van der Waals surface area contributed by atoms with Crippen LogP contribution < -0.4 is 25.2 Å². The highest BCUT2D eigenvalue weighted by Crippen LogP contribution is 2.36. The van der Waals surface area contributed by atoms with Crippen molar-refractivity contribution < 1.29 is 35.9 Å². The molecule has 18 heteroatoms. The van der Waals surface area contributed by atoms with E-state index in [0.29, 0.717) is 34.7 Å². The highest BCUT2D eigenvalue weighted by molar-refractivity contribution is 7.90. The average Bonchev–Trinajstić information content (AvgIpc) is 3.71. The molecule has 4 saturated heterocycles. The summed E-state index contributed by atoms with van der Waals surface area (Å²) in [4.78, 5) is 46.7. The third kappa shape index (κ3) is 8.60. The summed E-state index contributed by atoms with van der Waals surface area (Å²) in [6, 6.07) is 20.8. The molecule has 1 aromatic heterocycles. The summed E-state index contributed by atoms with van der Waals surface area (Å²) < 4.78 is 80.2. The predicted molar refractivity (Wildman–Crippen MR) is 228 cm³/mol. The number of anilines is 2. The second-order valence-corrected chi connectivity index (χ2v) is 18.3. The molecule has 2 amide bonds. The molecule has 9 rings (SSSR count). The quantitative estimate of drug-likeness (QED) is 0.153. The first-order chi connectivity index (χ1) is 30.3. The fraction of sp³-hybridized carbons (Fsp3) is 0.356. The van der Waals surface area contributed by atoms with Crippen LogP contribution in [0.25, 0.3) is 16.6 Å². The van der Waals surface area contributed by atoms with Gasteiger partial charge in [-0.05, 0) is 103 Å². The van der Waals surface area contributed by atoms with Crippen LogP contribution in [0.4, 0.5) is 24.5 Å². The molecule has 5 aromatic rings. The fourth-order valence-electron chi connectivity index (χ4n) is 9.01. The van der Waals surface area contributed by atoms with E-state index in [9.17, 15) is 32.5 Å². The van der Waals surface area contributed by atoms with E-state index in [1.165, 1.54) is 35.2 Å². The summed E-state index contributed by atoms with van der Waals surface area (Å²) >= 11 is 0. The van der Waals surface area contributed by atoms with Crippen LogP contribution in [0.3, 0.4) is 0 Å². The molecule has 0 radical (unpaired) electrons. The number of nitriles is 1. The third-order valence-corrected chi connectivity index (χ3v) is 14.0. The van der Waals surface area contributed by atoms with Crippen LogP contribution in [0.5, 0.6) is 11.5 Å². The zero-order valence-electron chi connectivity index (χ0n) is 34.0. The highest BCUT2D eigenvalue weighted by Gasteiger charge is 2.35. The van der Waals surface area contributed by atoms with Gasteiger partial charge in [0.15, 0.2) is 11.6 Å². The minimum atomic E-state index is -4.24. The van der Waals surface area contributed by atoms with Crippen LogP contribution in [0, 0.1) is 28.9 Å². The number of nitrogens with zero attached hydrogens (tertiary/aromatic N) is 6. The van der Waals surface area contributed by atoms with E-state index in [4.69, 9.17) is 4.74 Å². The van der Waals surface area contributed by atoms with Gasteiger partial charge in [0.1, 0.15) is 35.7 Å². The smallest absolute Gasteiger partial charge is 0.301 e. The van der Waals surface area contributed by atoms with Gasteiger partial charge in [0, 0.05) is 63.8 Å². The van der Waals surface area contributed by atoms with Gasteiger partial charge in [0.2, 0.25) is 11.8 Å². The number of alkyl halides is 1. The van der Waals surface area contributed by atoms with Crippen LogP contribution >= 0.6 is 0 Å². The molecule has 0 unspecified atom stereocenters. The van der Waals surface area contributed by atoms with Crippen molar-refractivity contribution in [1.29, 1.82) is 5.26 Å². The second kappa shape index (κ2) is 17.1. The molecule has 4 aliphatic rings. The van der Waals surface area contributed by atoms with Gasteiger partial charge < -0.3 is 14.5 Å². The maximum absolute atomic E-state index is 15.2. The third-order valence-electron chi connectivity index (χ3n) is 12.5. The number of carbonyl (C=O) groups excluding carboxylic acids is 2. The van der Waals surface area contributed by atoms with Crippen molar-refractivity contribution in [3.05, 3.63) is 118 Å². The van der Waals surface area contributed by atoms with Crippen molar-refractivity contribution in [2.75, 3.05) is 55.4 Å². The molecule has 0 saturated carbocycles. The number of nitrogens with one attached hydrogen (secondary N) is 2. The number of rotatable bonds is 11. The molecule has 5 heterocycles. The summed E-state index contributed by atoms with van der Waals surface area (Å²) in [5, 5.41) is 12.4. The van der Waals surface area contributed by atoms with Crippen LogP contribution in [0.2, 0.25) is 0 Å². The Hall–Kier alpha value is -6.29. The lowest BCUT2D eigenvalue weighted by Gasteiger charge is -2.43. The van der Waals surface area contributed by atoms with Crippen molar-refractivity contribution in [1.82, 2.24) is 24.1 Å². The zero-order valence-corrected chi connectivity index (χ0v) is 34.8. The Morgan fingerprint density at radius 3 is 2.33 bits per heavy atom. The molecule has 0 bridgehead atoms. The number of hydrogen-bond donors (Lipinski definition) is 2. The summed E-state index contributed by atoms with van der Waals surface area (Å²) in [7, 11) is -4.24. The van der Waals surface area contributed by atoms with E-state index in [2.05, 4.69) is 24.8 Å². The number of imide groups is 1. The molecule has 0 aliphatic carbocycles. The molecule has 2 atom stereocenters. The topological polar surface area (TPSA) is 170 Å². The molecule has 14 nitrogen and oxygen atoms in total. The minimum Gasteiger partial charge on any atom is -0.453 e. The molecule has 63 heavy (non-hydrogen) atoms. The largest absolute Gasteiger partial charge is 0.453 e. The molecule has 326 valence electrons. The molecular formula is C45H43F3N8O6S. The van der Waals surface area contributed by atoms with Crippen LogP contribution in [0.15, 0.2) is 83.9 Å². The fourth-order valence-corrected chi connectivity index (χ4v) is 10.3. The monoisotopic (exact) mass is 880 g/mol. The number of piperidine rings is 2. The van der Waals surface area contributed by atoms with E-state index in [1.54, 1.807) is 12.1 Å². The first-order valence-corrected chi connectivity index (χ1v) is 22.3. The lowest BCUT2D eigenvalue weighted by atomic mass is 9.85. The Labute approximate surface area is 361 Å². The number of halogens is 3. The lowest BCUT2D eigenvalue weighted by molar-refractivity contribution is -0.134. The minimum absolute atomic E-state index is 0.00858. The van der Waals surface area contributed by atoms with Gasteiger partial charge in [-0.1, -0.05) is 12.1 Å². The SMILES string of the molecule is N#Cc1c(NS(=O)(=O)N2CC[C@@H](F)C2)ccc(F)c1Oc1ccc2ncn(-c3ccc(N4CCC(CN5CC(c6ccc([C@H]7CCC(=O)NC7=O)cc6F)C5)CC4)cc3)c(=O)c2c1. The summed E-state index contributed by atoms with van der Waals surface area (Å²) in [6.07, 6.45) is 2.78. The predicted octanol–water partition coefficient (Wildman–Crippen LogP) is 5.86. The summed E-state index contributed by atoms with van der Waals surface area (Å²) in [6.45, 7) is 3.83. The van der Waals surface area contributed by atoms with Crippen LogP contribution in [0.1, 0.15) is 60.6 Å². The normalized spacial score (nSPS) is 20.4. The Morgan fingerprint density at radius 2 is 1.63 bits per heavy atom. The van der Waals surface area contributed by atoms with Crippen molar-refractivity contribution >= 4 is 44.3 Å². The maximum atomic E-state index is 15.2. The number of carbonyl (C=O) groups is 2. The number of amides is 2. The van der Waals surface area contributed by atoms with E-state index in [0.717, 1.165) is 67.7 Å². The van der Waals surface area contributed by atoms with Crippen LogP contribution in [-0.4, -0.2) is 91.0 Å². The molecule has 2 N–H and O–H groups in total. The van der Waals surface area contributed by atoms with Gasteiger partial charge in [-0.25, -0.2) is 18.2 Å². The van der Waals surface area contributed by atoms with Gasteiger partial charge in [0.25, 0.3) is 5.56 Å².